The summed E-state index contributed by atoms with van der Waals surface area (Å²) < 4.78 is 8.02. The molecule has 4 nitrogen and oxygen atoms in total. The highest BCUT2D eigenvalue weighted by Crippen LogP contribution is 2.29. The van der Waals surface area contributed by atoms with Crippen LogP contribution in [-0.4, -0.2) is 14.8 Å². The lowest BCUT2D eigenvalue weighted by Gasteiger charge is -2.15. The highest BCUT2D eigenvalue weighted by Gasteiger charge is 2.17. The molecule has 0 radical (unpaired) electrons. The van der Waals surface area contributed by atoms with E-state index in [4.69, 9.17) is 27.9 Å². The molecule has 1 heterocycles. The van der Waals surface area contributed by atoms with Gasteiger partial charge in [-0.1, -0.05) is 67.0 Å². The van der Waals surface area contributed by atoms with Gasteiger partial charge in [0.2, 0.25) is 0 Å². The molecule has 7 heteroatoms. The van der Waals surface area contributed by atoms with Gasteiger partial charge in [-0.3, -0.25) is 0 Å². The number of benzene rings is 2. The minimum atomic E-state index is -0.207. The van der Waals surface area contributed by atoms with Crippen LogP contribution in [0.2, 0.25) is 10.0 Å². The van der Waals surface area contributed by atoms with Crippen LogP contribution in [0.5, 0.6) is 5.75 Å². The van der Waals surface area contributed by atoms with Gasteiger partial charge in [0.15, 0.2) is 17.1 Å². The smallest absolute Gasteiger partial charge is 0.191 e. The third-order valence-corrected chi connectivity index (χ3v) is 6.27. The highest BCUT2D eigenvalue weighted by atomic mass is 35.5. The van der Waals surface area contributed by atoms with E-state index in [1.165, 1.54) is 5.56 Å². The van der Waals surface area contributed by atoms with Crippen LogP contribution in [0.25, 0.3) is 0 Å². The third-order valence-electron chi connectivity index (χ3n) is 4.44. The molecule has 1 aromatic heterocycles. The van der Waals surface area contributed by atoms with E-state index in [0.29, 0.717) is 16.0 Å². The fraction of sp³-hybridized carbons (Fsp3) is 0.333. The molecule has 0 bridgehead atoms. The van der Waals surface area contributed by atoms with Crippen molar-refractivity contribution in [1.82, 2.24) is 14.8 Å². The minimum absolute atomic E-state index is 0.207. The summed E-state index contributed by atoms with van der Waals surface area (Å²) in [6.45, 7) is 6.33. The van der Waals surface area contributed by atoms with Crippen molar-refractivity contribution in [3.8, 4) is 5.75 Å². The van der Waals surface area contributed by atoms with Crippen molar-refractivity contribution < 1.29 is 4.74 Å². The Morgan fingerprint density at radius 1 is 1.00 bits per heavy atom. The summed E-state index contributed by atoms with van der Waals surface area (Å²) in [5.74, 6) is 2.84. The van der Waals surface area contributed by atoms with E-state index in [2.05, 4.69) is 36.2 Å². The minimum Gasteiger partial charge on any atom is -0.483 e. The van der Waals surface area contributed by atoms with Gasteiger partial charge < -0.3 is 9.30 Å². The zero-order valence-electron chi connectivity index (χ0n) is 16.3. The van der Waals surface area contributed by atoms with Crippen molar-refractivity contribution in [3.05, 3.63) is 69.5 Å². The summed E-state index contributed by atoms with van der Waals surface area (Å²) in [4.78, 5) is 0. The topological polar surface area (TPSA) is 39.9 Å². The Labute approximate surface area is 180 Å². The summed E-state index contributed by atoms with van der Waals surface area (Å²) in [6.07, 6.45) is -0.207. The molecule has 0 saturated heterocycles. The predicted molar refractivity (Wildman–Crippen MR) is 117 cm³/mol. The van der Waals surface area contributed by atoms with Crippen LogP contribution in [0.15, 0.2) is 47.6 Å². The van der Waals surface area contributed by atoms with E-state index in [1.807, 2.05) is 48.9 Å². The Hall–Kier alpha value is -1.69. The zero-order chi connectivity index (χ0) is 20.3. The lowest BCUT2D eigenvalue weighted by Crippen LogP contribution is -2.10. The fourth-order valence-electron chi connectivity index (χ4n) is 2.77. The Morgan fingerprint density at radius 2 is 1.71 bits per heavy atom. The quantitative estimate of drug-likeness (QED) is 0.388. The number of thioether (sulfide) groups is 1. The van der Waals surface area contributed by atoms with E-state index in [0.717, 1.165) is 28.0 Å². The molecule has 1 unspecified atom stereocenters. The number of rotatable bonds is 7. The van der Waals surface area contributed by atoms with Crippen LogP contribution in [0, 0.1) is 0 Å². The fourth-order valence-corrected chi connectivity index (χ4v) is 3.95. The molecule has 0 spiro atoms. The predicted octanol–water partition coefficient (Wildman–Crippen LogP) is 6.68. The molecule has 3 aromatic rings. The molecule has 0 aliphatic rings. The Morgan fingerprint density at radius 3 is 2.36 bits per heavy atom. The molecule has 0 saturated carbocycles. The number of ether oxygens (including phenoxy) is 1. The van der Waals surface area contributed by atoms with Crippen LogP contribution in [0.4, 0.5) is 0 Å². The molecule has 28 heavy (non-hydrogen) atoms. The maximum absolute atomic E-state index is 6.09. The van der Waals surface area contributed by atoms with Gasteiger partial charge in [-0.2, -0.15) is 0 Å². The molecule has 148 valence electrons. The monoisotopic (exact) mass is 435 g/mol. The molecule has 3 rings (SSSR count). The van der Waals surface area contributed by atoms with Crippen molar-refractivity contribution in [3.63, 3.8) is 0 Å². The van der Waals surface area contributed by atoms with Crippen LogP contribution in [0.3, 0.4) is 0 Å². The van der Waals surface area contributed by atoms with E-state index in [9.17, 15) is 0 Å². The normalized spacial score (nSPS) is 12.4. The molecule has 1 atom stereocenters. The van der Waals surface area contributed by atoms with Gasteiger partial charge in [0.1, 0.15) is 5.75 Å². The van der Waals surface area contributed by atoms with Crippen molar-refractivity contribution in [2.24, 2.45) is 7.05 Å². The van der Waals surface area contributed by atoms with E-state index < -0.39 is 0 Å². The number of halogens is 2. The largest absolute Gasteiger partial charge is 0.483 e. The second-order valence-electron chi connectivity index (χ2n) is 6.92. The molecule has 0 aliphatic carbocycles. The zero-order valence-corrected chi connectivity index (χ0v) is 18.6. The van der Waals surface area contributed by atoms with Gasteiger partial charge in [-0.05, 0) is 48.2 Å². The lowest BCUT2D eigenvalue weighted by atomic mass is 10.0. The molecule has 0 amide bonds. The van der Waals surface area contributed by atoms with Gasteiger partial charge in [0, 0.05) is 12.8 Å². The summed E-state index contributed by atoms with van der Waals surface area (Å²) in [6, 6.07) is 13.8. The Balaban J connectivity index is 1.65. The Bertz CT molecular complexity index is 941. The van der Waals surface area contributed by atoms with Crippen LogP contribution in [0.1, 0.15) is 49.7 Å². The maximum atomic E-state index is 6.09. The first-order valence-corrected chi connectivity index (χ1v) is 10.8. The molecule has 0 aliphatic heterocycles. The standard InChI is InChI=1S/C21H23Cl2N3OS/c1-13(2)16-6-8-17(9-7-16)27-14(3)20-24-25-21(26(20)4)28-12-15-5-10-18(22)19(23)11-15/h5-11,13-14H,12H2,1-4H3. The number of hydrogen-bond acceptors (Lipinski definition) is 4. The van der Waals surface area contributed by atoms with Crippen molar-refractivity contribution >= 4 is 35.0 Å². The van der Waals surface area contributed by atoms with Crippen molar-refractivity contribution in [2.45, 2.75) is 43.7 Å². The molecular formula is C21H23Cl2N3OS. The summed E-state index contributed by atoms with van der Waals surface area (Å²) >= 11 is 13.7. The van der Waals surface area contributed by atoms with Gasteiger partial charge in [-0.25, -0.2) is 0 Å². The summed E-state index contributed by atoms with van der Waals surface area (Å²) in [5.41, 5.74) is 2.37. The number of nitrogens with zero attached hydrogens (tertiary/aromatic N) is 3. The molecule has 0 N–H and O–H groups in total. The van der Waals surface area contributed by atoms with E-state index in [1.54, 1.807) is 11.8 Å². The molecule has 2 aromatic carbocycles. The van der Waals surface area contributed by atoms with E-state index >= 15 is 0 Å². The van der Waals surface area contributed by atoms with Crippen molar-refractivity contribution in [2.75, 3.05) is 0 Å². The number of aromatic nitrogens is 3. The van der Waals surface area contributed by atoms with Crippen LogP contribution in [-0.2, 0) is 12.8 Å². The average Bonchev–Trinajstić information content (AvgIpc) is 3.04. The van der Waals surface area contributed by atoms with Crippen LogP contribution >= 0.6 is 35.0 Å². The average molecular weight is 436 g/mol. The maximum Gasteiger partial charge on any atom is 0.191 e. The lowest BCUT2D eigenvalue weighted by molar-refractivity contribution is 0.211. The van der Waals surface area contributed by atoms with Crippen molar-refractivity contribution in [1.29, 1.82) is 0 Å². The highest BCUT2D eigenvalue weighted by molar-refractivity contribution is 7.98. The van der Waals surface area contributed by atoms with E-state index in [-0.39, 0.29) is 6.10 Å². The van der Waals surface area contributed by atoms with Gasteiger partial charge >= 0.3 is 0 Å². The first kappa shape index (κ1) is 21.0. The van der Waals surface area contributed by atoms with Crippen LogP contribution < -0.4 is 4.74 Å². The molecule has 0 fully saturated rings. The van der Waals surface area contributed by atoms with Gasteiger partial charge in [0.25, 0.3) is 0 Å². The SMILES string of the molecule is CC(C)c1ccc(OC(C)c2nnc(SCc3ccc(Cl)c(Cl)c3)n2C)cc1. The van der Waals surface area contributed by atoms with Gasteiger partial charge in [-0.15, -0.1) is 10.2 Å². The summed E-state index contributed by atoms with van der Waals surface area (Å²) in [5, 5.41) is 10.6. The molecular weight excluding hydrogens is 413 g/mol. The van der Waals surface area contributed by atoms with Gasteiger partial charge in [0.05, 0.1) is 10.0 Å². The second kappa shape index (κ2) is 9.21. The first-order chi connectivity index (χ1) is 13.3. The first-order valence-electron chi connectivity index (χ1n) is 9.07. The number of hydrogen-bond donors (Lipinski definition) is 0. The Kier molecular flexibility index (Phi) is 6.91. The summed E-state index contributed by atoms with van der Waals surface area (Å²) in [7, 11) is 1.95. The third kappa shape index (κ3) is 5.02. The second-order valence-corrected chi connectivity index (χ2v) is 8.68.